The number of fused-ring (bicyclic) bond motifs is 3. The van der Waals surface area contributed by atoms with Crippen LogP contribution in [0, 0.1) is 13.8 Å². The number of rotatable bonds is 7. The van der Waals surface area contributed by atoms with Crippen LogP contribution in [0.5, 0.6) is 0 Å². The number of aromatic nitrogens is 1. The number of benzene rings is 6. The zero-order valence-electron chi connectivity index (χ0n) is 24.9. The van der Waals surface area contributed by atoms with Gasteiger partial charge in [0.25, 0.3) is 0 Å². The minimum absolute atomic E-state index is 0.902. The molecule has 0 saturated heterocycles. The Balaban J connectivity index is 1.45. The van der Waals surface area contributed by atoms with Crippen molar-refractivity contribution in [1.82, 2.24) is 4.57 Å². The van der Waals surface area contributed by atoms with Crippen LogP contribution in [0.25, 0.3) is 21.8 Å². The molecule has 0 aliphatic rings. The number of hydrogen-bond donors (Lipinski definition) is 0. The van der Waals surface area contributed by atoms with E-state index in [1.165, 1.54) is 32.9 Å². The van der Waals surface area contributed by atoms with E-state index >= 15 is 0 Å². The predicted molar refractivity (Wildman–Crippen MR) is 184 cm³/mol. The van der Waals surface area contributed by atoms with E-state index in [0.29, 0.717) is 0 Å². The van der Waals surface area contributed by atoms with Crippen LogP contribution in [0.2, 0.25) is 0 Å². The minimum Gasteiger partial charge on any atom is -0.341 e. The van der Waals surface area contributed by atoms with Crippen molar-refractivity contribution < 1.29 is 0 Å². The number of anilines is 6. The first-order valence-electron chi connectivity index (χ1n) is 15.0. The summed E-state index contributed by atoms with van der Waals surface area (Å²) in [6, 6.07) is 52.6. The van der Waals surface area contributed by atoms with Crippen molar-refractivity contribution in [3.8, 4) is 0 Å². The lowest BCUT2D eigenvalue weighted by atomic mass is 10.1. The highest BCUT2D eigenvalue weighted by Crippen LogP contribution is 2.41. The molecule has 0 amide bonds. The van der Waals surface area contributed by atoms with Crippen molar-refractivity contribution in [2.24, 2.45) is 0 Å². The molecule has 0 bridgehead atoms. The maximum atomic E-state index is 2.43. The third-order valence-corrected chi connectivity index (χ3v) is 8.21. The summed E-state index contributed by atoms with van der Waals surface area (Å²) in [5, 5.41) is 2.50. The van der Waals surface area contributed by atoms with Crippen LogP contribution < -0.4 is 9.80 Å². The van der Waals surface area contributed by atoms with E-state index in [-0.39, 0.29) is 0 Å². The molecule has 0 saturated carbocycles. The minimum atomic E-state index is 0.902. The highest BCUT2D eigenvalue weighted by Gasteiger charge is 2.19. The second-order valence-corrected chi connectivity index (χ2v) is 11.2. The normalized spacial score (nSPS) is 11.2. The lowest BCUT2D eigenvalue weighted by Gasteiger charge is -2.26. The molecule has 0 unspecified atom stereocenters. The van der Waals surface area contributed by atoms with Gasteiger partial charge in [-0.2, -0.15) is 0 Å². The molecule has 1 aromatic heterocycles. The van der Waals surface area contributed by atoms with Gasteiger partial charge in [0.2, 0.25) is 0 Å². The highest BCUT2D eigenvalue weighted by atomic mass is 15.1. The maximum Gasteiger partial charge on any atom is 0.0492 e. The zero-order chi connectivity index (χ0) is 29.3. The smallest absolute Gasteiger partial charge is 0.0492 e. The Morgan fingerprint density at radius 1 is 0.419 bits per heavy atom. The standard InChI is InChI=1S/C40H35N3/c1-4-41-39-23-21-35(42(31-15-7-5-8-16-31)33-19-11-13-29(2)25-33)27-37(39)38-28-36(22-24-40(38)41)43(32-17-9-6-10-18-32)34-20-12-14-30(3)26-34/h5-28H,4H2,1-3H3. The van der Waals surface area contributed by atoms with Gasteiger partial charge in [0.1, 0.15) is 0 Å². The van der Waals surface area contributed by atoms with Crippen molar-refractivity contribution in [2.75, 3.05) is 9.80 Å². The fraction of sp³-hybridized carbons (Fsp3) is 0.100. The molecule has 1 heterocycles. The van der Waals surface area contributed by atoms with Gasteiger partial charge in [-0.3, -0.25) is 0 Å². The average molecular weight is 558 g/mol. The van der Waals surface area contributed by atoms with E-state index in [9.17, 15) is 0 Å². The van der Waals surface area contributed by atoms with Gasteiger partial charge in [-0.25, -0.2) is 0 Å². The van der Waals surface area contributed by atoms with E-state index in [0.717, 1.165) is 40.7 Å². The second kappa shape index (κ2) is 11.2. The van der Waals surface area contributed by atoms with Crippen molar-refractivity contribution in [3.05, 3.63) is 157 Å². The van der Waals surface area contributed by atoms with Gasteiger partial charge >= 0.3 is 0 Å². The number of nitrogens with zero attached hydrogens (tertiary/aromatic N) is 3. The summed E-state index contributed by atoms with van der Waals surface area (Å²) in [6.07, 6.45) is 0. The van der Waals surface area contributed by atoms with Gasteiger partial charge in [0.15, 0.2) is 0 Å². The topological polar surface area (TPSA) is 11.4 Å². The van der Waals surface area contributed by atoms with Gasteiger partial charge in [-0.15, -0.1) is 0 Å². The van der Waals surface area contributed by atoms with Gasteiger partial charge < -0.3 is 14.4 Å². The first kappa shape index (κ1) is 26.6. The predicted octanol–water partition coefficient (Wildman–Crippen LogP) is 11.4. The fourth-order valence-electron chi connectivity index (χ4n) is 6.28. The summed E-state index contributed by atoms with van der Waals surface area (Å²) < 4.78 is 2.43. The fourth-order valence-corrected chi connectivity index (χ4v) is 6.28. The van der Waals surface area contributed by atoms with Crippen LogP contribution in [0.3, 0.4) is 0 Å². The Labute approximate surface area is 253 Å². The van der Waals surface area contributed by atoms with Crippen LogP contribution in [0.1, 0.15) is 18.1 Å². The molecule has 7 rings (SSSR count). The second-order valence-electron chi connectivity index (χ2n) is 11.2. The SMILES string of the molecule is CCn1c2ccc(N(c3ccccc3)c3cccc(C)c3)cc2c2cc(N(c3ccccc3)c3cccc(C)c3)ccc21. The monoisotopic (exact) mass is 557 g/mol. The first-order valence-corrected chi connectivity index (χ1v) is 15.0. The lowest BCUT2D eigenvalue weighted by Crippen LogP contribution is -2.10. The molecule has 3 heteroatoms. The van der Waals surface area contributed by atoms with Crippen molar-refractivity contribution in [3.63, 3.8) is 0 Å². The van der Waals surface area contributed by atoms with Gasteiger partial charge in [0, 0.05) is 62.5 Å². The van der Waals surface area contributed by atoms with Gasteiger partial charge in [-0.1, -0.05) is 60.7 Å². The maximum absolute atomic E-state index is 2.43. The Kier molecular flexibility index (Phi) is 6.92. The number of para-hydroxylation sites is 2. The van der Waals surface area contributed by atoms with E-state index in [2.05, 4.69) is 181 Å². The summed E-state index contributed by atoms with van der Waals surface area (Å²) in [7, 11) is 0. The van der Waals surface area contributed by atoms with Crippen LogP contribution in [0.4, 0.5) is 34.1 Å². The quantitative estimate of drug-likeness (QED) is 0.193. The van der Waals surface area contributed by atoms with E-state index in [1.54, 1.807) is 0 Å². The van der Waals surface area contributed by atoms with Crippen LogP contribution in [-0.4, -0.2) is 4.57 Å². The summed E-state index contributed by atoms with van der Waals surface area (Å²) >= 11 is 0. The van der Waals surface area contributed by atoms with E-state index < -0.39 is 0 Å². The zero-order valence-corrected chi connectivity index (χ0v) is 24.9. The highest BCUT2D eigenvalue weighted by molar-refractivity contribution is 6.11. The van der Waals surface area contributed by atoms with E-state index in [1.807, 2.05) is 0 Å². The molecule has 0 aliphatic carbocycles. The molecule has 210 valence electrons. The van der Waals surface area contributed by atoms with Crippen LogP contribution >= 0.6 is 0 Å². The van der Waals surface area contributed by atoms with Crippen molar-refractivity contribution in [2.45, 2.75) is 27.3 Å². The summed E-state index contributed by atoms with van der Waals surface area (Å²) in [5.74, 6) is 0. The molecular weight excluding hydrogens is 522 g/mol. The molecule has 0 spiro atoms. The molecule has 3 nitrogen and oxygen atoms in total. The lowest BCUT2D eigenvalue weighted by molar-refractivity contribution is 0.827. The molecule has 0 N–H and O–H groups in total. The molecule has 0 fully saturated rings. The Morgan fingerprint density at radius 3 is 1.21 bits per heavy atom. The summed E-state index contributed by atoms with van der Waals surface area (Å²) in [4.78, 5) is 4.71. The average Bonchev–Trinajstić information content (AvgIpc) is 3.35. The number of hydrogen-bond acceptors (Lipinski definition) is 2. The number of aryl methyl sites for hydroxylation is 3. The molecule has 43 heavy (non-hydrogen) atoms. The molecule has 6 aromatic carbocycles. The molecule has 7 aromatic rings. The van der Waals surface area contributed by atoms with Crippen molar-refractivity contribution in [1.29, 1.82) is 0 Å². The Hall–Kier alpha value is -5.28. The first-order chi connectivity index (χ1) is 21.1. The van der Waals surface area contributed by atoms with Crippen LogP contribution in [0.15, 0.2) is 146 Å². The molecule has 0 atom stereocenters. The molecular formula is C40H35N3. The van der Waals surface area contributed by atoms with Gasteiger partial charge in [0.05, 0.1) is 0 Å². The Bertz CT molecular complexity index is 1890. The van der Waals surface area contributed by atoms with E-state index in [4.69, 9.17) is 0 Å². The summed E-state index contributed by atoms with van der Waals surface area (Å²) in [5.41, 5.74) is 11.8. The van der Waals surface area contributed by atoms with Gasteiger partial charge in [-0.05, 0) is 117 Å². The Morgan fingerprint density at radius 2 is 0.814 bits per heavy atom. The third kappa shape index (κ3) is 4.93. The van der Waals surface area contributed by atoms with Crippen molar-refractivity contribution >= 4 is 55.9 Å². The molecule has 0 aliphatic heterocycles. The largest absolute Gasteiger partial charge is 0.341 e. The van der Waals surface area contributed by atoms with Crippen LogP contribution in [-0.2, 0) is 6.54 Å². The summed E-state index contributed by atoms with van der Waals surface area (Å²) in [6.45, 7) is 7.43. The molecule has 0 radical (unpaired) electrons. The third-order valence-electron chi connectivity index (χ3n) is 8.21.